The summed E-state index contributed by atoms with van der Waals surface area (Å²) in [5.41, 5.74) is 5.10. The number of carbonyl (C=O) groups is 1. The van der Waals surface area contributed by atoms with Gasteiger partial charge in [-0.25, -0.2) is 9.97 Å². The molecule has 0 saturated heterocycles. The van der Waals surface area contributed by atoms with Crippen LogP contribution in [0, 0.1) is 18.8 Å². The predicted octanol–water partition coefficient (Wildman–Crippen LogP) is 5.42. The van der Waals surface area contributed by atoms with E-state index >= 15 is 0 Å². The molecule has 1 fully saturated rings. The Labute approximate surface area is 177 Å². The quantitative estimate of drug-likeness (QED) is 0.577. The van der Waals surface area contributed by atoms with Crippen molar-refractivity contribution < 1.29 is 9.90 Å². The number of nitrogens with one attached hydrogen (secondary N) is 1. The number of rotatable bonds is 6. The summed E-state index contributed by atoms with van der Waals surface area (Å²) in [5, 5.41) is 12.6. The topological polar surface area (TPSA) is 75.1 Å². The third kappa shape index (κ3) is 4.85. The largest absolute Gasteiger partial charge is 0.481 e. The molecule has 1 aromatic heterocycles. The van der Waals surface area contributed by atoms with Gasteiger partial charge >= 0.3 is 5.97 Å². The SMILES string of the molecule is Cc1cccc(-c2cc(-c3ccccc3)nc(NCC3CCC(C(=O)O)CC3)n2)c1. The Morgan fingerprint density at radius 1 is 0.933 bits per heavy atom. The average Bonchev–Trinajstić information content (AvgIpc) is 2.78. The molecule has 0 atom stereocenters. The summed E-state index contributed by atoms with van der Waals surface area (Å²) in [6.45, 7) is 2.84. The van der Waals surface area contributed by atoms with Crippen LogP contribution in [0.3, 0.4) is 0 Å². The molecule has 2 N–H and O–H groups in total. The third-order valence-electron chi connectivity index (χ3n) is 5.85. The maximum absolute atomic E-state index is 11.2. The zero-order valence-electron chi connectivity index (χ0n) is 17.2. The lowest BCUT2D eigenvalue weighted by atomic mass is 9.82. The molecule has 1 heterocycles. The summed E-state index contributed by atoms with van der Waals surface area (Å²) >= 11 is 0. The van der Waals surface area contributed by atoms with Gasteiger partial charge in [0.1, 0.15) is 0 Å². The van der Waals surface area contributed by atoms with Crippen LogP contribution in [0.2, 0.25) is 0 Å². The number of benzene rings is 2. The van der Waals surface area contributed by atoms with Crippen molar-refractivity contribution in [2.45, 2.75) is 32.6 Å². The van der Waals surface area contributed by atoms with Gasteiger partial charge < -0.3 is 10.4 Å². The first-order chi connectivity index (χ1) is 14.6. The number of aryl methyl sites for hydroxylation is 1. The van der Waals surface area contributed by atoms with E-state index in [1.165, 1.54) is 5.56 Å². The van der Waals surface area contributed by atoms with Gasteiger partial charge in [-0.3, -0.25) is 4.79 Å². The monoisotopic (exact) mass is 401 g/mol. The number of anilines is 1. The standard InChI is InChI=1S/C25H27N3O2/c1-17-6-5-9-21(14-17)23-15-22(19-7-3-2-4-8-19)27-25(28-23)26-16-18-10-12-20(13-11-18)24(29)30/h2-9,14-15,18,20H,10-13,16H2,1H3,(H,29,30)(H,26,27,28). The molecule has 30 heavy (non-hydrogen) atoms. The van der Waals surface area contributed by atoms with Gasteiger partial charge in [0, 0.05) is 17.7 Å². The Kier molecular flexibility index (Phi) is 6.07. The minimum absolute atomic E-state index is 0.188. The van der Waals surface area contributed by atoms with E-state index in [0.29, 0.717) is 11.9 Å². The number of aromatic nitrogens is 2. The van der Waals surface area contributed by atoms with E-state index in [2.05, 4.69) is 42.6 Å². The number of hydrogen-bond acceptors (Lipinski definition) is 4. The van der Waals surface area contributed by atoms with Crippen molar-refractivity contribution in [1.82, 2.24) is 9.97 Å². The lowest BCUT2D eigenvalue weighted by Gasteiger charge is -2.26. The van der Waals surface area contributed by atoms with Crippen LogP contribution in [0.4, 0.5) is 5.95 Å². The minimum atomic E-state index is -0.664. The van der Waals surface area contributed by atoms with E-state index in [1.54, 1.807) is 0 Å². The van der Waals surface area contributed by atoms with Crippen molar-refractivity contribution in [3.05, 3.63) is 66.2 Å². The fourth-order valence-corrected chi connectivity index (χ4v) is 4.08. The highest BCUT2D eigenvalue weighted by molar-refractivity contribution is 5.70. The number of nitrogens with zero attached hydrogens (tertiary/aromatic N) is 2. The third-order valence-corrected chi connectivity index (χ3v) is 5.85. The normalized spacial score (nSPS) is 18.7. The lowest BCUT2D eigenvalue weighted by molar-refractivity contribution is -0.143. The summed E-state index contributed by atoms with van der Waals surface area (Å²) in [5.74, 6) is 0.218. The second-order valence-corrected chi connectivity index (χ2v) is 8.13. The maximum Gasteiger partial charge on any atom is 0.306 e. The molecule has 1 aliphatic carbocycles. The molecular weight excluding hydrogens is 374 g/mol. The Hall–Kier alpha value is -3.21. The first-order valence-electron chi connectivity index (χ1n) is 10.6. The fraction of sp³-hybridized carbons (Fsp3) is 0.320. The highest BCUT2D eigenvalue weighted by Gasteiger charge is 2.25. The lowest BCUT2D eigenvalue weighted by Crippen LogP contribution is -2.25. The summed E-state index contributed by atoms with van der Waals surface area (Å²) in [4.78, 5) is 20.7. The highest BCUT2D eigenvalue weighted by atomic mass is 16.4. The first-order valence-corrected chi connectivity index (χ1v) is 10.6. The van der Waals surface area contributed by atoms with Crippen LogP contribution < -0.4 is 5.32 Å². The van der Waals surface area contributed by atoms with Crippen LogP contribution in [0.25, 0.3) is 22.5 Å². The van der Waals surface area contributed by atoms with Gasteiger partial charge in [0.15, 0.2) is 0 Å². The van der Waals surface area contributed by atoms with Crippen molar-refractivity contribution in [3.8, 4) is 22.5 Å². The van der Waals surface area contributed by atoms with Gasteiger partial charge in [-0.05, 0) is 50.7 Å². The second kappa shape index (κ2) is 9.08. The van der Waals surface area contributed by atoms with E-state index in [1.807, 2.05) is 30.3 Å². The van der Waals surface area contributed by atoms with E-state index in [9.17, 15) is 9.90 Å². The molecule has 0 bridgehead atoms. The molecule has 2 aromatic carbocycles. The Bertz CT molecular complexity index is 1010. The molecule has 1 saturated carbocycles. The van der Waals surface area contributed by atoms with Gasteiger partial charge in [0.25, 0.3) is 0 Å². The predicted molar refractivity (Wildman–Crippen MR) is 119 cm³/mol. The van der Waals surface area contributed by atoms with Crippen molar-refractivity contribution >= 4 is 11.9 Å². The molecule has 4 rings (SSSR count). The molecule has 5 heteroatoms. The van der Waals surface area contributed by atoms with Gasteiger partial charge in [0.2, 0.25) is 5.95 Å². The Morgan fingerprint density at radius 2 is 1.60 bits per heavy atom. The average molecular weight is 402 g/mol. The molecule has 1 aliphatic rings. The van der Waals surface area contributed by atoms with Crippen LogP contribution in [-0.2, 0) is 4.79 Å². The molecular formula is C25H27N3O2. The summed E-state index contributed by atoms with van der Waals surface area (Å²) in [7, 11) is 0. The minimum Gasteiger partial charge on any atom is -0.481 e. The number of carboxylic acid groups (broad SMARTS) is 1. The van der Waals surface area contributed by atoms with Crippen LogP contribution in [0.5, 0.6) is 0 Å². The van der Waals surface area contributed by atoms with Gasteiger partial charge in [-0.15, -0.1) is 0 Å². The highest BCUT2D eigenvalue weighted by Crippen LogP contribution is 2.30. The molecule has 5 nitrogen and oxygen atoms in total. The molecule has 3 aromatic rings. The molecule has 154 valence electrons. The maximum atomic E-state index is 11.2. The summed E-state index contributed by atoms with van der Waals surface area (Å²) < 4.78 is 0. The molecule has 0 radical (unpaired) electrons. The number of aliphatic carboxylic acids is 1. The zero-order valence-corrected chi connectivity index (χ0v) is 17.2. The van der Waals surface area contributed by atoms with E-state index in [4.69, 9.17) is 9.97 Å². The van der Waals surface area contributed by atoms with Gasteiger partial charge in [0.05, 0.1) is 17.3 Å². The van der Waals surface area contributed by atoms with E-state index in [0.717, 1.165) is 54.7 Å². The number of hydrogen-bond donors (Lipinski definition) is 2. The second-order valence-electron chi connectivity index (χ2n) is 8.13. The van der Waals surface area contributed by atoms with Gasteiger partial charge in [-0.2, -0.15) is 0 Å². The van der Waals surface area contributed by atoms with Gasteiger partial charge in [-0.1, -0.05) is 54.1 Å². The van der Waals surface area contributed by atoms with Crippen molar-refractivity contribution in [2.24, 2.45) is 11.8 Å². The molecule has 0 amide bonds. The zero-order chi connectivity index (χ0) is 20.9. The van der Waals surface area contributed by atoms with Crippen molar-refractivity contribution in [2.75, 3.05) is 11.9 Å². The molecule has 0 spiro atoms. The Balaban J connectivity index is 1.56. The van der Waals surface area contributed by atoms with Crippen LogP contribution >= 0.6 is 0 Å². The Morgan fingerprint density at radius 3 is 2.27 bits per heavy atom. The van der Waals surface area contributed by atoms with E-state index < -0.39 is 5.97 Å². The van der Waals surface area contributed by atoms with Crippen LogP contribution in [-0.4, -0.2) is 27.6 Å². The van der Waals surface area contributed by atoms with E-state index in [-0.39, 0.29) is 5.92 Å². The summed E-state index contributed by atoms with van der Waals surface area (Å²) in [6, 6.07) is 20.5. The number of carboxylic acids is 1. The fourth-order valence-electron chi connectivity index (χ4n) is 4.08. The first kappa shape index (κ1) is 20.1. The van der Waals surface area contributed by atoms with Crippen LogP contribution in [0.15, 0.2) is 60.7 Å². The van der Waals surface area contributed by atoms with Crippen molar-refractivity contribution in [1.29, 1.82) is 0 Å². The van der Waals surface area contributed by atoms with Crippen LogP contribution in [0.1, 0.15) is 31.2 Å². The smallest absolute Gasteiger partial charge is 0.306 e. The molecule has 0 unspecified atom stereocenters. The molecule has 0 aliphatic heterocycles. The summed E-state index contributed by atoms with van der Waals surface area (Å²) in [6.07, 6.45) is 3.35. The van der Waals surface area contributed by atoms with Crippen molar-refractivity contribution in [3.63, 3.8) is 0 Å².